The maximum atomic E-state index is 5.06. The van der Waals surface area contributed by atoms with Crippen LogP contribution in [0.25, 0.3) is 0 Å². The van der Waals surface area contributed by atoms with Gasteiger partial charge in [-0.3, -0.25) is 9.98 Å². The minimum atomic E-state index is 0.602. The maximum absolute atomic E-state index is 5.06. The van der Waals surface area contributed by atoms with E-state index in [4.69, 9.17) is 4.74 Å². The van der Waals surface area contributed by atoms with Crippen LogP contribution in [-0.4, -0.2) is 31.1 Å². The van der Waals surface area contributed by atoms with Crippen LogP contribution in [0.3, 0.4) is 0 Å². The Morgan fingerprint density at radius 2 is 2.35 bits per heavy atom. The first kappa shape index (κ1) is 11.7. The Labute approximate surface area is 101 Å². The van der Waals surface area contributed by atoms with Crippen LogP contribution < -0.4 is 15.4 Å². The number of pyridine rings is 1. The zero-order chi connectivity index (χ0) is 12.1. The normalized spacial score (nSPS) is 15.5. The molecule has 1 aliphatic carbocycles. The summed E-state index contributed by atoms with van der Waals surface area (Å²) in [7, 11) is 3.41. The predicted molar refractivity (Wildman–Crippen MR) is 67.1 cm³/mol. The molecular formula is C12H18N4O. The zero-order valence-electron chi connectivity index (χ0n) is 10.2. The van der Waals surface area contributed by atoms with Crippen LogP contribution in [0.1, 0.15) is 18.5 Å². The second-order valence-electron chi connectivity index (χ2n) is 4.03. The minimum absolute atomic E-state index is 0.602. The summed E-state index contributed by atoms with van der Waals surface area (Å²) in [5.74, 6) is 1.61. The molecule has 2 N–H and O–H groups in total. The molecule has 0 radical (unpaired) electrons. The largest absolute Gasteiger partial charge is 0.495 e. The van der Waals surface area contributed by atoms with Crippen molar-refractivity contribution >= 4 is 5.96 Å². The van der Waals surface area contributed by atoms with Gasteiger partial charge in [-0.25, -0.2) is 0 Å². The fourth-order valence-corrected chi connectivity index (χ4v) is 1.43. The van der Waals surface area contributed by atoms with E-state index in [2.05, 4.69) is 20.6 Å². The fraction of sp³-hybridized carbons (Fsp3) is 0.500. The van der Waals surface area contributed by atoms with Gasteiger partial charge in [0.25, 0.3) is 0 Å². The zero-order valence-corrected chi connectivity index (χ0v) is 10.2. The van der Waals surface area contributed by atoms with Gasteiger partial charge >= 0.3 is 0 Å². The van der Waals surface area contributed by atoms with Crippen LogP contribution in [0.5, 0.6) is 5.75 Å². The Morgan fingerprint density at radius 3 is 2.88 bits per heavy atom. The summed E-state index contributed by atoms with van der Waals surface area (Å²) in [6.45, 7) is 0.663. The first-order valence-corrected chi connectivity index (χ1v) is 5.78. The molecule has 0 aromatic carbocycles. The molecule has 0 atom stereocenters. The molecule has 1 saturated carbocycles. The minimum Gasteiger partial charge on any atom is -0.495 e. The van der Waals surface area contributed by atoms with Gasteiger partial charge in [0.2, 0.25) is 0 Å². The molecule has 0 saturated heterocycles. The van der Waals surface area contributed by atoms with Crippen LogP contribution in [-0.2, 0) is 6.54 Å². The van der Waals surface area contributed by atoms with Gasteiger partial charge in [0, 0.05) is 13.1 Å². The van der Waals surface area contributed by atoms with Crippen molar-refractivity contribution in [1.29, 1.82) is 0 Å². The van der Waals surface area contributed by atoms with Gasteiger partial charge in [-0.1, -0.05) is 0 Å². The number of rotatable bonds is 4. The van der Waals surface area contributed by atoms with Gasteiger partial charge < -0.3 is 15.4 Å². The average Bonchev–Trinajstić information content (AvgIpc) is 3.19. The van der Waals surface area contributed by atoms with Crippen molar-refractivity contribution in [2.45, 2.75) is 25.4 Å². The van der Waals surface area contributed by atoms with E-state index in [1.807, 2.05) is 12.1 Å². The van der Waals surface area contributed by atoms with E-state index in [9.17, 15) is 0 Å². The second kappa shape index (κ2) is 5.52. The second-order valence-corrected chi connectivity index (χ2v) is 4.03. The van der Waals surface area contributed by atoms with E-state index >= 15 is 0 Å². The van der Waals surface area contributed by atoms with Crippen molar-refractivity contribution in [2.75, 3.05) is 14.2 Å². The molecule has 1 fully saturated rings. The fourth-order valence-electron chi connectivity index (χ4n) is 1.43. The van der Waals surface area contributed by atoms with Gasteiger partial charge in [0.05, 0.1) is 25.5 Å². The molecule has 0 aliphatic heterocycles. The highest BCUT2D eigenvalue weighted by Crippen LogP contribution is 2.18. The molecule has 5 nitrogen and oxygen atoms in total. The number of nitrogens with zero attached hydrogens (tertiary/aromatic N) is 2. The SMILES string of the molecule is CN=C(NCc1ccc(OC)cn1)NC1CC1. The molecule has 17 heavy (non-hydrogen) atoms. The van der Waals surface area contributed by atoms with Gasteiger partial charge in [-0.15, -0.1) is 0 Å². The third-order valence-electron chi connectivity index (χ3n) is 2.61. The molecule has 1 aliphatic rings. The molecule has 1 aromatic heterocycles. The predicted octanol–water partition coefficient (Wildman–Crippen LogP) is 0.918. The van der Waals surface area contributed by atoms with Crippen molar-refractivity contribution in [3.05, 3.63) is 24.0 Å². The van der Waals surface area contributed by atoms with E-state index < -0.39 is 0 Å². The monoisotopic (exact) mass is 234 g/mol. The van der Waals surface area contributed by atoms with Crippen LogP contribution in [0.2, 0.25) is 0 Å². The molecule has 0 bridgehead atoms. The highest BCUT2D eigenvalue weighted by Gasteiger charge is 2.21. The van der Waals surface area contributed by atoms with Crippen molar-refractivity contribution < 1.29 is 4.74 Å². The highest BCUT2D eigenvalue weighted by molar-refractivity contribution is 5.80. The first-order chi connectivity index (χ1) is 8.31. The number of methoxy groups -OCH3 is 1. The summed E-state index contributed by atoms with van der Waals surface area (Å²) >= 11 is 0. The van der Waals surface area contributed by atoms with Crippen LogP contribution in [0.4, 0.5) is 0 Å². The number of aromatic nitrogens is 1. The lowest BCUT2D eigenvalue weighted by Gasteiger charge is -2.10. The number of hydrogen-bond acceptors (Lipinski definition) is 3. The third kappa shape index (κ3) is 3.62. The van der Waals surface area contributed by atoms with Gasteiger partial charge in [0.1, 0.15) is 5.75 Å². The first-order valence-electron chi connectivity index (χ1n) is 5.78. The number of hydrogen-bond donors (Lipinski definition) is 2. The number of nitrogens with one attached hydrogen (secondary N) is 2. The van der Waals surface area contributed by atoms with Crippen molar-refractivity contribution in [3.63, 3.8) is 0 Å². The molecule has 0 amide bonds. The Morgan fingerprint density at radius 1 is 1.53 bits per heavy atom. The van der Waals surface area contributed by atoms with Crippen molar-refractivity contribution in [3.8, 4) is 5.75 Å². The number of ether oxygens (including phenoxy) is 1. The van der Waals surface area contributed by atoms with Gasteiger partial charge in [-0.05, 0) is 25.0 Å². The molecular weight excluding hydrogens is 216 g/mol. The summed E-state index contributed by atoms with van der Waals surface area (Å²) in [6.07, 6.45) is 4.19. The van der Waals surface area contributed by atoms with E-state index in [0.717, 1.165) is 17.4 Å². The summed E-state index contributed by atoms with van der Waals surface area (Å²) in [5.41, 5.74) is 0.963. The molecule has 1 aromatic rings. The standard InChI is InChI=1S/C12H18N4O/c1-13-12(16-9-3-4-9)15-7-10-5-6-11(17-2)8-14-10/h5-6,8-9H,3-4,7H2,1-2H3,(H2,13,15,16). The lowest BCUT2D eigenvalue weighted by molar-refractivity contribution is 0.412. The van der Waals surface area contributed by atoms with Gasteiger partial charge in [-0.2, -0.15) is 0 Å². The summed E-state index contributed by atoms with van der Waals surface area (Å²) < 4.78 is 5.06. The molecule has 0 unspecified atom stereocenters. The lowest BCUT2D eigenvalue weighted by Crippen LogP contribution is -2.38. The Bertz CT molecular complexity index is 384. The Balaban J connectivity index is 1.82. The number of aliphatic imine (C=N–C) groups is 1. The van der Waals surface area contributed by atoms with E-state index in [-0.39, 0.29) is 0 Å². The Kier molecular flexibility index (Phi) is 3.80. The summed E-state index contributed by atoms with van der Waals surface area (Å²) in [4.78, 5) is 8.44. The summed E-state index contributed by atoms with van der Waals surface area (Å²) in [5, 5.41) is 6.55. The Hall–Kier alpha value is -1.78. The van der Waals surface area contributed by atoms with Crippen LogP contribution >= 0.6 is 0 Å². The molecule has 0 spiro atoms. The average molecular weight is 234 g/mol. The van der Waals surface area contributed by atoms with Crippen molar-refractivity contribution in [2.24, 2.45) is 4.99 Å². The van der Waals surface area contributed by atoms with E-state index in [1.54, 1.807) is 20.4 Å². The summed E-state index contributed by atoms with van der Waals surface area (Å²) in [6, 6.07) is 4.45. The van der Waals surface area contributed by atoms with Gasteiger partial charge in [0.15, 0.2) is 5.96 Å². The molecule has 1 heterocycles. The molecule has 92 valence electrons. The van der Waals surface area contributed by atoms with Crippen LogP contribution in [0, 0.1) is 0 Å². The van der Waals surface area contributed by atoms with Crippen molar-refractivity contribution in [1.82, 2.24) is 15.6 Å². The molecule has 5 heteroatoms. The molecule has 2 rings (SSSR count). The lowest BCUT2D eigenvalue weighted by atomic mass is 10.3. The number of guanidine groups is 1. The van der Waals surface area contributed by atoms with Crippen LogP contribution in [0.15, 0.2) is 23.3 Å². The topological polar surface area (TPSA) is 58.5 Å². The smallest absolute Gasteiger partial charge is 0.191 e. The third-order valence-corrected chi connectivity index (χ3v) is 2.61. The quantitative estimate of drug-likeness (QED) is 0.601. The maximum Gasteiger partial charge on any atom is 0.191 e. The van der Waals surface area contributed by atoms with E-state index in [0.29, 0.717) is 12.6 Å². The highest BCUT2D eigenvalue weighted by atomic mass is 16.5. The van der Waals surface area contributed by atoms with E-state index in [1.165, 1.54) is 12.8 Å².